The number of sulfone groups is 1. The highest BCUT2D eigenvalue weighted by Gasteiger charge is 2.10. The first-order valence-electron chi connectivity index (χ1n) is 6.82. The average molecular weight is 282 g/mol. The molecule has 1 N–H and O–H groups in total. The van der Waals surface area contributed by atoms with E-state index in [0.717, 1.165) is 18.8 Å². The molecule has 0 unspecified atom stereocenters. The van der Waals surface area contributed by atoms with Crippen molar-refractivity contribution in [3.63, 3.8) is 0 Å². The van der Waals surface area contributed by atoms with Crippen LogP contribution in [0, 0.1) is 0 Å². The number of hydrogen-bond acceptors (Lipinski definition) is 4. The van der Waals surface area contributed by atoms with E-state index in [4.69, 9.17) is 0 Å². The second-order valence-electron chi connectivity index (χ2n) is 5.13. The molecule has 0 bridgehead atoms. The van der Waals surface area contributed by atoms with Gasteiger partial charge >= 0.3 is 0 Å². The molecule has 1 heterocycles. The van der Waals surface area contributed by atoms with E-state index in [0.29, 0.717) is 4.90 Å². The number of nitrogens with zero attached hydrogens (tertiary/aromatic N) is 1. The van der Waals surface area contributed by atoms with E-state index < -0.39 is 9.84 Å². The topological polar surface area (TPSA) is 49.4 Å². The largest absolute Gasteiger partial charge is 0.384 e. The highest BCUT2D eigenvalue weighted by molar-refractivity contribution is 7.90. The molecular formula is C14H22N2O2S. The van der Waals surface area contributed by atoms with E-state index in [-0.39, 0.29) is 0 Å². The molecule has 0 radical (unpaired) electrons. The zero-order valence-corrected chi connectivity index (χ0v) is 12.2. The minimum absolute atomic E-state index is 0.371. The van der Waals surface area contributed by atoms with Crippen LogP contribution in [-0.2, 0) is 9.84 Å². The molecule has 5 heteroatoms. The van der Waals surface area contributed by atoms with E-state index in [9.17, 15) is 8.42 Å². The molecule has 106 valence electrons. The molecule has 1 aromatic carbocycles. The first-order valence-corrected chi connectivity index (χ1v) is 8.71. The summed E-state index contributed by atoms with van der Waals surface area (Å²) in [6.45, 7) is 4.24. The molecule has 4 nitrogen and oxygen atoms in total. The first-order chi connectivity index (χ1) is 9.05. The van der Waals surface area contributed by atoms with Gasteiger partial charge in [0.2, 0.25) is 0 Å². The maximum absolute atomic E-state index is 11.5. The molecule has 0 aromatic heterocycles. The third-order valence-corrected chi connectivity index (χ3v) is 4.58. The summed E-state index contributed by atoms with van der Waals surface area (Å²) >= 11 is 0. The molecule has 0 atom stereocenters. The van der Waals surface area contributed by atoms with Gasteiger partial charge in [0.1, 0.15) is 0 Å². The molecule has 1 aliphatic rings. The molecular weight excluding hydrogens is 260 g/mol. The summed E-state index contributed by atoms with van der Waals surface area (Å²) in [5, 5.41) is 3.30. The molecule has 19 heavy (non-hydrogen) atoms. The van der Waals surface area contributed by atoms with Crippen molar-refractivity contribution >= 4 is 15.5 Å². The predicted octanol–water partition coefficient (Wildman–Crippen LogP) is 1.99. The van der Waals surface area contributed by atoms with Crippen LogP contribution in [-0.4, -0.2) is 45.8 Å². The Kier molecular flexibility index (Phi) is 4.82. The van der Waals surface area contributed by atoms with Gasteiger partial charge < -0.3 is 10.2 Å². The second-order valence-corrected chi connectivity index (χ2v) is 7.14. The van der Waals surface area contributed by atoms with E-state index in [1.165, 1.54) is 38.6 Å². The lowest BCUT2D eigenvalue weighted by molar-refractivity contribution is 0.237. The molecule has 0 aliphatic carbocycles. The quantitative estimate of drug-likeness (QED) is 0.897. The molecule has 0 saturated carbocycles. The van der Waals surface area contributed by atoms with Gasteiger partial charge in [0.15, 0.2) is 9.84 Å². The summed E-state index contributed by atoms with van der Waals surface area (Å²) in [6, 6.07) is 7.02. The van der Waals surface area contributed by atoms with Gasteiger partial charge in [-0.05, 0) is 44.1 Å². The van der Waals surface area contributed by atoms with Crippen LogP contribution in [0.3, 0.4) is 0 Å². The number of benzene rings is 1. The van der Waals surface area contributed by atoms with Gasteiger partial charge in [-0.25, -0.2) is 8.42 Å². The van der Waals surface area contributed by atoms with Crippen molar-refractivity contribution in [2.24, 2.45) is 0 Å². The Morgan fingerprint density at radius 2 is 1.95 bits per heavy atom. The third-order valence-electron chi connectivity index (χ3n) is 3.47. The molecule has 0 spiro atoms. The fourth-order valence-electron chi connectivity index (χ4n) is 2.38. The number of piperidine rings is 1. The van der Waals surface area contributed by atoms with Crippen molar-refractivity contribution in [3.05, 3.63) is 24.3 Å². The molecule has 0 amide bonds. The first kappa shape index (κ1) is 14.3. The molecule has 1 aromatic rings. The van der Waals surface area contributed by atoms with Crippen molar-refractivity contribution < 1.29 is 8.42 Å². The highest BCUT2D eigenvalue weighted by atomic mass is 32.2. The zero-order chi connectivity index (χ0) is 13.7. The van der Waals surface area contributed by atoms with Crippen LogP contribution in [0.5, 0.6) is 0 Å². The maximum atomic E-state index is 11.5. The van der Waals surface area contributed by atoms with Crippen molar-refractivity contribution in [1.29, 1.82) is 0 Å². The van der Waals surface area contributed by atoms with E-state index in [1.807, 2.05) is 6.07 Å². The number of hydrogen-bond donors (Lipinski definition) is 1. The van der Waals surface area contributed by atoms with Crippen molar-refractivity contribution in [1.82, 2.24) is 4.90 Å². The van der Waals surface area contributed by atoms with Gasteiger partial charge in [0, 0.05) is 25.0 Å². The summed E-state index contributed by atoms with van der Waals surface area (Å²) in [5.74, 6) is 0. The van der Waals surface area contributed by atoms with Gasteiger partial charge in [0.05, 0.1) is 4.90 Å². The van der Waals surface area contributed by atoms with E-state index >= 15 is 0 Å². The van der Waals surface area contributed by atoms with Crippen molar-refractivity contribution in [2.75, 3.05) is 37.8 Å². The number of anilines is 1. The lowest BCUT2D eigenvalue weighted by Crippen LogP contribution is -2.33. The van der Waals surface area contributed by atoms with E-state index in [1.54, 1.807) is 18.2 Å². The Labute approximate surface area is 115 Å². The lowest BCUT2D eigenvalue weighted by Gasteiger charge is -2.26. The van der Waals surface area contributed by atoms with Crippen LogP contribution >= 0.6 is 0 Å². The van der Waals surface area contributed by atoms with Crippen LogP contribution in [0.4, 0.5) is 5.69 Å². The Hall–Kier alpha value is -1.07. The van der Waals surface area contributed by atoms with Gasteiger partial charge in [-0.1, -0.05) is 12.5 Å². The molecule has 2 rings (SSSR count). The van der Waals surface area contributed by atoms with E-state index in [2.05, 4.69) is 10.2 Å². The Morgan fingerprint density at radius 3 is 2.63 bits per heavy atom. The van der Waals surface area contributed by atoms with Crippen molar-refractivity contribution in [2.45, 2.75) is 24.2 Å². The Bertz CT molecular complexity index is 508. The fourth-order valence-corrected chi connectivity index (χ4v) is 3.04. The summed E-state index contributed by atoms with van der Waals surface area (Å²) in [5.41, 5.74) is 0.875. The lowest BCUT2D eigenvalue weighted by atomic mass is 10.1. The van der Waals surface area contributed by atoms with Gasteiger partial charge in [-0.15, -0.1) is 0 Å². The normalized spacial score (nSPS) is 17.3. The van der Waals surface area contributed by atoms with Gasteiger partial charge in [-0.2, -0.15) is 0 Å². The standard InChI is InChI=1S/C14H22N2O2S/c1-19(17,18)14-7-5-6-13(12-14)15-8-11-16-9-3-2-4-10-16/h5-7,12,15H,2-4,8-11H2,1H3. The summed E-state index contributed by atoms with van der Waals surface area (Å²) in [4.78, 5) is 2.83. The Morgan fingerprint density at radius 1 is 1.21 bits per heavy atom. The summed E-state index contributed by atoms with van der Waals surface area (Å²) in [6.07, 6.45) is 5.17. The number of rotatable bonds is 5. The summed E-state index contributed by atoms with van der Waals surface area (Å²) in [7, 11) is -3.12. The van der Waals surface area contributed by atoms with Crippen LogP contribution in [0.1, 0.15) is 19.3 Å². The van der Waals surface area contributed by atoms with Gasteiger partial charge in [0.25, 0.3) is 0 Å². The zero-order valence-electron chi connectivity index (χ0n) is 11.4. The highest BCUT2D eigenvalue weighted by Crippen LogP contribution is 2.15. The maximum Gasteiger partial charge on any atom is 0.175 e. The second kappa shape index (κ2) is 6.39. The Balaban J connectivity index is 1.85. The van der Waals surface area contributed by atoms with Crippen LogP contribution in [0.25, 0.3) is 0 Å². The monoisotopic (exact) mass is 282 g/mol. The van der Waals surface area contributed by atoms with Crippen LogP contribution in [0.15, 0.2) is 29.2 Å². The number of nitrogens with one attached hydrogen (secondary N) is 1. The SMILES string of the molecule is CS(=O)(=O)c1cccc(NCCN2CCCCC2)c1. The minimum Gasteiger partial charge on any atom is -0.384 e. The smallest absolute Gasteiger partial charge is 0.175 e. The third kappa shape index (κ3) is 4.51. The molecule has 1 saturated heterocycles. The number of likely N-dealkylation sites (tertiary alicyclic amines) is 1. The molecule has 1 aliphatic heterocycles. The fraction of sp³-hybridized carbons (Fsp3) is 0.571. The predicted molar refractivity (Wildman–Crippen MR) is 78.3 cm³/mol. The van der Waals surface area contributed by atoms with Crippen LogP contribution < -0.4 is 5.32 Å². The summed E-state index contributed by atoms with van der Waals surface area (Å²) < 4.78 is 22.9. The van der Waals surface area contributed by atoms with Crippen LogP contribution in [0.2, 0.25) is 0 Å². The minimum atomic E-state index is -3.12. The average Bonchev–Trinajstić information content (AvgIpc) is 2.39. The molecule has 1 fully saturated rings. The van der Waals surface area contributed by atoms with Gasteiger partial charge in [-0.3, -0.25) is 0 Å². The van der Waals surface area contributed by atoms with Crippen molar-refractivity contribution in [3.8, 4) is 0 Å².